The van der Waals surface area contributed by atoms with Crippen molar-refractivity contribution in [3.8, 4) is 0 Å². The molecule has 0 aromatic heterocycles. The summed E-state index contributed by atoms with van der Waals surface area (Å²) in [5.41, 5.74) is 0. The van der Waals surface area contributed by atoms with E-state index in [1.807, 2.05) is 0 Å². The van der Waals surface area contributed by atoms with Crippen LogP contribution in [0.5, 0.6) is 0 Å². The fourth-order valence-corrected chi connectivity index (χ4v) is 8.23. The van der Waals surface area contributed by atoms with Crippen molar-refractivity contribution in [2.75, 3.05) is 26.4 Å². The number of carbonyl (C=O) groups is 2. The largest absolute Gasteiger partial charge is 0.472 e. The summed E-state index contributed by atoms with van der Waals surface area (Å²) in [6.07, 6.45) is 50.0. The quantitative estimate of drug-likeness (QED) is 0.0233. The van der Waals surface area contributed by atoms with Gasteiger partial charge >= 0.3 is 19.8 Å². The Bertz CT molecular complexity index is 1080. The van der Waals surface area contributed by atoms with Crippen LogP contribution in [0, 0.1) is 0 Å². The van der Waals surface area contributed by atoms with Gasteiger partial charge < -0.3 is 24.6 Å². The Morgan fingerprint density at radius 3 is 1.00 bits per heavy atom. The fourth-order valence-electron chi connectivity index (χ4n) is 7.44. The number of rotatable bonds is 49. The molecule has 0 bridgehead atoms. The number of carbonyl (C=O) groups excluding carboxylic acids is 2. The molecule has 11 heteroatoms. The van der Waals surface area contributed by atoms with Crippen LogP contribution in [0.1, 0.15) is 251 Å². The molecule has 3 unspecified atom stereocenters. The third-order valence-electron chi connectivity index (χ3n) is 11.4. The van der Waals surface area contributed by atoms with Gasteiger partial charge in [0.05, 0.1) is 26.4 Å². The second kappa shape index (κ2) is 47.4. The van der Waals surface area contributed by atoms with E-state index in [0.29, 0.717) is 12.8 Å². The summed E-state index contributed by atoms with van der Waals surface area (Å²) in [4.78, 5) is 34.7. The van der Waals surface area contributed by atoms with Gasteiger partial charge in [-0.1, -0.05) is 218 Å². The molecule has 0 saturated carbocycles. The highest BCUT2D eigenvalue weighted by Gasteiger charge is 2.27. The van der Waals surface area contributed by atoms with Crippen molar-refractivity contribution in [2.45, 2.75) is 264 Å². The lowest BCUT2D eigenvalue weighted by Gasteiger charge is -2.20. The number of ether oxygens (including phenoxy) is 2. The maximum absolute atomic E-state index is 12.4. The van der Waals surface area contributed by atoms with Crippen LogP contribution < -0.4 is 0 Å². The first kappa shape index (κ1) is 60.5. The standard InChI is InChI=1S/C51H97O10P/c1-3-5-7-9-11-13-15-17-19-21-23-24-25-27-29-31-33-35-37-39-41-43-51(55)61-49(45-53)47-59-62(56,57)58-46-48(44-52)60-50(54)42-40-38-36-34-32-30-28-26-22-20-18-16-14-12-10-8-6-4-2/h15,17,21,23,48-49,52-53H,3-14,16,18-20,22,24-47H2,1-2H3,(H,56,57)/b17-15-,23-21-. The average Bonchev–Trinajstić information content (AvgIpc) is 3.26. The second-order valence-electron chi connectivity index (χ2n) is 17.5. The molecule has 0 fully saturated rings. The Balaban J connectivity index is 3.82. The van der Waals surface area contributed by atoms with Gasteiger partial charge in [-0.25, -0.2) is 4.57 Å². The summed E-state index contributed by atoms with van der Waals surface area (Å²) in [7, 11) is -4.64. The Morgan fingerprint density at radius 1 is 0.435 bits per heavy atom. The molecule has 3 atom stereocenters. The molecule has 62 heavy (non-hydrogen) atoms. The van der Waals surface area contributed by atoms with Gasteiger partial charge in [-0.2, -0.15) is 0 Å². The van der Waals surface area contributed by atoms with Crippen LogP contribution in [0.15, 0.2) is 24.3 Å². The first-order chi connectivity index (χ1) is 30.3. The van der Waals surface area contributed by atoms with Crippen molar-refractivity contribution in [1.29, 1.82) is 0 Å². The highest BCUT2D eigenvalue weighted by atomic mass is 31.2. The van der Waals surface area contributed by atoms with E-state index in [-0.39, 0.29) is 12.8 Å². The van der Waals surface area contributed by atoms with Gasteiger partial charge in [-0.15, -0.1) is 0 Å². The maximum Gasteiger partial charge on any atom is 0.472 e. The third kappa shape index (κ3) is 45.0. The van der Waals surface area contributed by atoms with E-state index < -0.39 is 58.4 Å². The van der Waals surface area contributed by atoms with Crippen LogP contribution in [-0.2, 0) is 32.7 Å². The van der Waals surface area contributed by atoms with Gasteiger partial charge in [-0.3, -0.25) is 18.6 Å². The van der Waals surface area contributed by atoms with E-state index in [0.717, 1.165) is 51.4 Å². The first-order valence-electron chi connectivity index (χ1n) is 25.8. The molecule has 0 rings (SSSR count). The number of hydrogen-bond donors (Lipinski definition) is 3. The van der Waals surface area contributed by atoms with Crippen molar-refractivity contribution in [3.05, 3.63) is 24.3 Å². The van der Waals surface area contributed by atoms with Crippen molar-refractivity contribution >= 4 is 19.8 Å². The molecule has 0 spiro atoms. The van der Waals surface area contributed by atoms with Crippen LogP contribution in [0.25, 0.3) is 0 Å². The fraction of sp³-hybridized carbons (Fsp3) is 0.882. The minimum Gasteiger partial charge on any atom is -0.457 e. The zero-order chi connectivity index (χ0) is 45.5. The van der Waals surface area contributed by atoms with E-state index in [2.05, 4.69) is 38.2 Å². The van der Waals surface area contributed by atoms with E-state index in [1.54, 1.807) is 0 Å². The lowest BCUT2D eigenvalue weighted by molar-refractivity contribution is -0.153. The van der Waals surface area contributed by atoms with Crippen LogP contribution in [0.4, 0.5) is 0 Å². The molecule has 0 aliphatic rings. The predicted molar refractivity (Wildman–Crippen MR) is 256 cm³/mol. The molecule has 0 radical (unpaired) electrons. The minimum absolute atomic E-state index is 0.190. The number of aliphatic hydroxyl groups is 2. The normalized spacial score (nSPS) is 13.8. The summed E-state index contributed by atoms with van der Waals surface area (Å²) in [6.45, 7) is 2.25. The van der Waals surface area contributed by atoms with Gasteiger partial charge in [0.1, 0.15) is 12.2 Å². The number of allylic oxidation sites excluding steroid dienone is 4. The number of aliphatic hydroxyl groups excluding tert-OH is 2. The summed E-state index contributed by atoms with van der Waals surface area (Å²) in [6, 6.07) is 0. The van der Waals surface area contributed by atoms with Crippen LogP contribution in [0.3, 0.4) is 0 Å². The highest BCUT2D eigenvalue weighted by molar-refractivity contribution is 7.47. The van der Waals surface area contributed by atoms with Crippen molar-refractivity contribution in [3.63, 3.8) is 0 Å². The molecule has 0 saturated heterocycles. The lowest BCUT2D eigenvalue weighted by atomic mass is 10.0. The van der Waals surface area contributed by atoms with Crippen molar-refractivity contribution in [2.24, 2.45) is 0 Å². The number of unbranched alkanes of at least 4 members (excludes halogenated alkanes) is 31. The first-order valence-corrected chi connectivity index (χ1v) is 27.3. The predicted octanol–water partition coefficient (Wildman–Crippen LogP) is 14.5. The molecular weight excluding hydrogens is 804 g/mol. The van der Waals surface area contributed by atoms with Crippen LogP contribution in [-0.4, -0.2) is 65.7 Å². The van der Waals surface area contributed by atoms with Gasteiger partial charge in [0, 0.05) is 12.8 Å². The zero-order valence-corrected chi connectivity index (χ0v) is 41.0. The number of esters is 2. The van der Waals surface area contributed by atoms with Gasteiger partial charge in [-0.05, 0) is 44.9 Å². The molecule has 0 aliphatic carbocycles. The zero-order valence-electron chi connectivity index (χ0n) is 40.1. The Labute approximate surface area is 380 Å². The summed E-state index contributed by atoms with van der Waals surface area (Å²) >= 11 is 0. The molecular formula is C51H97O10P. The van der Waals surface area contributed by atoms with E-state index >= 15 is 0 Å². The second-order valence-corrected chi connectivity index (χ2v) is 19.0. The molecule has 0 amide bonds. The Kier molecular flexibility index (Phi) is 46.2. The van der Waals surface area contributed by atoms with Crippen molar-refractivity contribution in [1.82, 2.24) is 0 Å². The van der Waals surface area contributed by atoms with Gasteiger partial charge in [0.15, 0.2) is 0 Å². The topological polar surface area (TPSA) is 149 Å². The Hall–Kier alpha value is -1.55. The Morgan fingerprint density at radius 2 is 0.710 bits per heavy atom. The molecule has 10 nitrogen and oxygen atoms in total. The molecule has 0 aromatic carbocycles. The monoisotopic (exact) mass is 901 g/mol. The van der Waals surface area contributed by atoms with Crippen molar-refractivity contribution < 1.29 is 47.8 Å². The summed E-state index contributed by atoms with van der Waals surface area (Å²) < 4.78 is 32.7. The smallest absolute Gasteiger partial charge is 0.457 e. The van der Waals surface area contributed by atoms with E-state index in [9.17, 15) is 29.3 Å². The van der Waals surface area contributed by atoms with E-state index in [1.165, 1.54) is 161 Å². The average molecular weight is 901 g/mol. The number of hydrogen-bond acceptors (Lipinski definition) is 9. The van der Waals surface area contributed by atoms with Crippen LogP contribution in [0.2, 0.25) is 0 Å². The highest BCUT2D eigenvalue weighted by Crippen LogP contribution is 2.43. The molecule has 0 heterocycles. The molecule has 3 N–H and O–H groups in total. The number of phosphoric ester groups is 1. The molecule has 366 valence electrons. The van der Waals surface area contributed by atoms with Gasteiger partial charge in [0.25, 0.3) is 0 Å². The lowest BCUT2D eigenvalue weighted by Crippen LogP contribution is -2.28. The summed E-state index contributed by atoms with van der Waals surface area (Å²) in [5.74, 6) is -1.01. The SMILES string of the molecule is CCCCCCC/C=C\C/C=C\CCCCCCCCCCCC(=O)OC(CO)COP(=O)(O)OCC(CO)OC(=O)CCCCCCCCCCCCCCCCCCCC. The van der Waals surface area contributed by atoms with E-state index in [4.69, 9.17) is 18.5 Å². The maximum atomic E-state index is 12.4. The van der Waals surface area contributed by atoms with Crippen LogP contribution >= 0.6 is 7.82 Å². The third-order valence-corrected chi connectivity index (χ3v) is 12.4. The summed E-state index contributed by atoms with van der Waals surface area (Å²) in [5, 5.41) is 19.3. The molecule has 0 aromatic rings. The minimum atomic E-state index is -4.64. The van der Waals surface area contributed by atoms with Gasteiger partial charge in [0.2, 0.25) is 0 Å². The number of phosphoric acid groups is 1. The molecule has 0 aliphatic heterocycles.